The first kappa shape index (κ1) is 18.9. The summed E-state index contributed by atoms with van der Waals surface area (Å²) in [5.74, 6) is 2.21. The number of imidazole rings is 1. The molecule has 0 aliphatic heterocycles. The van der Waals surface area contributed by atoms with Crippen LogP contribution in [0.4, 0.5) is 0 Å². The van der Waals surface area contributed by atoms with E-state index in [1.54, 1.807) is 0 Å². The van der Waals surface area contributed by atoms with Crippen LogP contribution < -0.4 is 4.57 Å². The first-order valence-electron chi connectivity index (χ1n) is 10.8. The molecule has 0 unspecified atom stereocenters. The van der Waals surface area contributed by atoms with Gasteiger partial charge >= 0.3 is 5.78 Å². The molecular formula is C27H24N3O2+. The minimum Gasteiger partial charge on any atom is -0.424 e. The zero-order valence-electron chi connectivity index (χ0n) is 18.9. The molecule has 5 heteroatoms. The van der Waals surface area contributed by atoms with Crippen molar-refractivity contribution < 1.29 is 13.4 Å². The molecule has 0 N–H and O–H groups in total. The van der Waals surface area contributed by atoms with Crippen molar-refractivity contribution in [3.63, 3.8) is 0 Å². The lowest BCUT2D eigenvalue weighted by molar-refractivity contribution is -0.633. The molecule has 6 rings (SSSR count). The van der Waals surface area contributed by atoms with Crippen LogP contribution in [-0.4, -0.2) is 9.55 Å². The summed E-state index contributed by atoms with van der Waals surface area (Å²) in [6.07, 6.45) is 0. The van der Waals surface area contributed by atoms with Crippen molar-refractivity contribution in [2.75, 3.05) is 0 Å². The van der Waals surface area contributed by atoms with Gasteiger partial charge in [0.15, 0.2) is 22.4 Å². The number of furan rings is 1. The fraction of sp³-hybridized carbons (Fsp3) is 0.185. The average molecular weight is 423 g/mol. The number of aromatic nitrogens is 3. The summed E-state index contributed by atoms with van der Waals surface area (Å²) >= 11 is 0. The SMILES string of the molecule is Cc1nc2c(o1)oc1cc(-c3n(-c4c(C)cccc4C)c4ccccc4[n+]3C)c(C)cc12. The van der Waals surface area contributed by atoms with Crippen molar-refractivity contribution in [3.8, 4) is 17.1 Å². The quantitative estimate of drug-likeness (QED) is 0.310. The van der Waals surface area contributed by atoms with Gasteiger partial charge in [-0.25, -0.2) is 9.55 Å². The number of fused-ring (bicyclic) bond motifs is 4. The van der Waals surface area contributed by atoms with Gasteiger partial charge in [-0.15, -0.1) is 0 Å². The maximum absolute atomic E-state index is 6.05. The summed E-state index contributed by atoms with van der Waals surface area (Å²) in [5, 5.41) is 0.982. The Bertz CT molecular complexity index is 1660. The molecule has 0 saturated heterocycles. The molecule has 158 valence electrons. The number of hydrogen-bond donors (Lipinski definition) is 0. The minimum absolute atomic E-state index is 0.480. The third-order valence-corrected chi connectivity index (χ3v) is 6.40. The number of rotatable bonds is 2. The number of oxazole rings is 1. The third-order valence-electron chi connectivity index (χ3n) is 6.40. The van der Waals surface area contributed by atoms with Gasteiger partial charge in [0.2, 0.25) is 0 Å². The smallest absolute Gasteiger partial charge is 0.319 e. The lowest BCUT2D eigenvalue weighted by Crippen LogP contribution is -2.30. The molecule has 0 aliphatic rings. The average Bonchev–Trinajstić information content (AvgIpc) is 3.37. The molecule has 0 radical (unpaired) electrons. The van der Waals surface area contributed by atoms with Crippen LogP contribution in [0.1, 0.15) is 22.6 Å². The van der Waals surface area contributed by atoms with Gasteiger partial charge in [-0.2, -0.15) is 4.57 Å². The Morgan fingerprint density at radius 1 is 0.844 bits per heavy atom. The van der Waals surface area contributed by atoms with Gasteiger partial charge in [-0.1, -0.05) is 30.3 Å². The highest BCUT2D eigenvalue weighted by atomic mass is 16.5. The van der Waals surface area contributed by atoms with Crippen LogP contribution >= 0.6 is 0 Å². The van der Waals surface area contributed by atoms with E-state index in [-0.39, 0.29) is 0 Å². The second-order valence-electron chi connectivity index (χ2n) is 8.58. The van der Waals surface area contributed by atoms with Gasteiger partial charge in [0.05, 0.1) is 18.0 Å². The zero-order chi connectivity index (χ0) is 22.1. The van der Waals surface area contributed by atoms with Crippen LogP contribution in [0.2, 0.25) is 0 Å². The highest BCUT2D eigenvalue weighted by Crippen LogP contribution is 2.36. The lowest BCUT2D eigenvalue weighted by atomic mass is 10.0. The van der Waals surface area contributed by atoms with Crippen molar-refractivity contribution in [2.45, 2.75) is 27.7 Å². The molecule has 0 fully saturated rings. The molecule has 3 aromatic carbocycles. The summed E-state index contributed by atoms with van der Waals surface area (Å²) in [6, 6.07) is 19.3. The molecule has 0 aliphatic carbocycles. The van der Waals surface area contributed by atoms with E-state index in [2.05, 4.69) is 96.5 Å². The van der Waals surface area contributed by atoms with Gasteiger partial charge in [-0.3, -0.25) is 0 Å². The molecule has 5 nitrogen and oxygen atoms in total. The monoisotopic (exact) mass is 422 g/mol. The topological polar surface area (TPSA) is 48.0 Å². The highest BCUT2D eigenvalue weighted by molar-refractivity contribution is 6.02. The second kappa shape index (κ2) is 6.57. The maximum atomic E-state index is 6.05. The Morgan fingerprint density at radius 2 is 1.59 bits per heavy atom. The molecule has 0 atom stereocenters. The Morgan fingerprint density at radius 3 is 2.38 bits per heavy atom. The van der Waals surface area contributed by atoms with Gasteiger partial charge in [0.1, 0.15) is 11.3 Å². The fourth-order valence-corrected chi connectivity index (χ4v) is 4.95. The standard InChI is InChI=1S/C27H24N3O2/c1-15-9-8-10-16(2)25(15)30-22-12-7-6-11-21(22)29(5)26(30)19-14-23-20(13-17(19)3)24-27(32-23)31-18(4)28-24/h6-14H,1-5H3/q+1. The van der Waals surface area contributed by atoms with E-state index in [4.69, 9.17) is 8.83 Å². The summed E-state index contributed by atoms with van der Waals surface area (Å²) in [4.78, 5) is 4.51. The molecule has 3 aromatic heterocycles. The van der Waals surface area contributed by atoms with E-state index in [0.29, 0.717) is 11.7 Å². The summed E-state index contributed by atoms with van der Waals surface area (Å²) < 4.78 is 16.3. The summed E-state index contributed by atoms with van der Waals surface area (Å²) in [6.45, 7) is 8.33. The summed E-state index contributed by atoms with van der Waals surface area (Å²) in [5.41, 5.74) is 9.88. The van der Waals surface area contributed by atoms with Crippen molar-refractivity contribution in [1.82, 2.24) is 9.55 Å². The van der Waals surface area contributed by atoms with E-state index in [0.717, 1.165) is 33.4 Å². The Kier molecular flexibility index (Phi) is 3.87. The molecular weight excluding hydrogens is 398 g/mol. The zero-order valence-corrected chi connectivity index (χ0v) is 18.9. The van der Waals surface area contributed by atoms with E-state index in [9.17, 15) is 0 Å². The van der Waals surface area contributed by atoms with E-state index in [1.165, 1.54) is 27.8 Å². The number of nitrogens with zero attached hydrogens (tertiary/aromatic N) is 3. The van der Waals surface area contributed by atoms with Crippen molar-refractivity contribution >= 4 is 33.3 Å². The Hall–Kier alpha value is -3.86. The van der Waals surface area contributed by atoms with Crippen LogP contribution in [0.5, 0.6) is 0 Å². The molecule has 0 bridgehead atoms. The predicted molar refractivity (Wildman–Crippen MR) is 126 cm³/mol. The molecule has 0 saturated carbocycles. The van der Waals surface area contributed by atoms with Crippen LogP contribution in [0.3, 0.4) is 0 Å². The maximum Gasteiger partial charge on any atom is 0.319 e. The molecule has 0 spiro atoms. The van der Waals surface area contributed by atoms with Crippen LogP contribution in [0.25, 0.3) is 50.4 Å². The molecule has 0 amide bonds. The van der Waals surface area contributed by atoms with Gasteiger partial charge in [0, 0.05) is 6.92 Å². The van der Waals surface area contributed by atoms with Gasteiger partial charge in [0.25, 0.3) is 5.82 Å². The second-order valence-corrected chi connectivity index (χ2v) is 8.58. The number of benzene rings is 3. The largest absolute Gasteiger partial charge is 0.424 e. The van der Waals surface area contributed by atoms with Gasteiger partial charge in [-0.05, 0) is 61.7 Å². The Balaban J connectivity index is 1.74. The number of para-hydroxylation sites is 3. The third kappa shape index (κ3) is 2.51. The van der Waals surface area contributed by atoms with Crippen molar-refractivity contribution in [1.29, 1.82) is 0 Å². The highest BCUT2D eigenvalue weighted by Gasteiger charge is 2.29. The van der Waals surface area contributed by atoms with E-state index in [1.807, 2.05) is 6.92 Å². The van der Waals surface area contributed by atoms with Gasteiger partial charge < -0.3 is 8.83 Å². The van der Waals surface area contributed by atoms with Crippen LogP contribution in [-0.2, 0) is 7.05 Å². The fourth-order valence-electron chi connectivity index (χ4n) is 4.95. The first-order valence-corrected chi connectivity index (χ1v) is 10.8. The molecule has 32 heavy (non-hydrogen) atoms. The molecule has 3 heterocycles. The van der Waals surface area contributed by atoms with E-state index < -0.39 is 0 Å². The normalized spacial score (nSPS) is 11.9. The van der Waals surface area contributed by atoms with Crippen molar-refractivity contribution in [2.24, 2.45) is 7.05 Å². The van der Waals surface area contributed by atoms with Crippen molar-refractivity contribution in [3.05, 3.63) is 77.2 Å². The summed E-state index contributed by atoms with van der Waals surface area (Å²) in [7, 11) is 2.13. The Labute approximate surface area is 185 Å². The van der Waals surface area contributed by atoms with Crippen LogP contribution in [0, 0.1) is 27.7 Å². The van der Waals surface area contributed by atoms with Crippen LogP contribution in [0.15, 0.2) is 63.4 Å². The molecule has 6 aromatic rings. The lowest BCUT2D eigenvalue weighted by Gasteiger charge is -2.11. The number of aryl methyl sites for hydroxylation is 5. The first-order chi connectivity index (χ1) is 15.4. The number of hydrogen-bond acceptors (Lipinski definition) is 3. The predicted octanol–water partition coefficient (Wildman–Crippen LogP) is 6.24. The van der Waals surface area contributed by atoms with E-state index >= 15 is 0 Å². The minimum atomic E-state index is 0.480.